The summed E-state index contributed by atoms with van der Waals surface area (Å²) in [4.78, 5) is 4.09. The normalized spacial score (nSPS) is 19.1. The lowest BCUT2D eigenvalue weighted by Crippen LogP contribution is -2.39. The molecule has 5 heteroatoms. The van der Waals surface area contributed by atoms with Crippen molar-refractivity contribution in [2.75, 3.05) is 31.6 Å². The van der Waals surface area contributed by atoms with Crippen molar-refractivity contribution in [2.45, 2.75) is 25.8 Å². The molecule has 108 valence electrons. The third-order valence-corrected chi connectivity index (χ3v) is 3.98. The van der Waals surface area contributed by atoms with E-state index in [4.69, 9.17) is 5.26 Å². The van der Waals surface area contributed by atoms with Crippen LogP contribution in [0.3, 0.4) is 0 Å². The Labute approximate surface area is 118 Å². The van der Waals surface area contributed by atoms with E-state index in [9.17, 15) is 8.78 Å². The van der Waals surface area contributed by atoms with E-state index in [-0.39, 0.29) is 11.3 Å². The first-order valence-electron chi connectivity index (χ1n) is 6.91. The Bertz CT molecular complexity index is 525. The first-order chi connectivity index (χ1) is 9.58. The number of halogens is 2. The maximum atomic E-state index is 14.0. The predicted octanol–water partition coefficient (Wildman–Crippen LogP) is 2.76. The highest BCUT2D eigenvalue weighted by molar-refractivity contribution is 5.51. The molecule has 0 amide bonds. The van der Waals surface area contributed by atoms with Crippen molar-refractivity contribution in [1.82, 2.24) is 4.90 Å². The van der Waals surface area contributed by atoms with Crippen LogP contribution in [0.1, 0.15) is 25.3 Å². The van der Waals surface area contributed by atoms with E-state index < -0.39 is 11.6 Å². The van der Waals surface area contributed by atoms with Crippen molar-refractivity contribution in [2.24, 2.45) is 0 Å². The summed E-state index contributed by atoms with van der Waals surface area (Å²) in [6, 6.07) is 4.83. The van der Waals surface area contributed by atoms with Crippen LogP contribution in [0.4, 0.5) is 14.5 Å². The lowest BCUT2D eigenvalue weighted by atomic mass is 10.1. The second-order valence-electron chi connectivity index (χ2n) is 5.18. The summed E-state index contributed by atoms with van der Waals surface area (Å²) in [6.07, 6.45) is 2.23. The smallest absolute Gasteiger partial charge is 0.183 e. The van der Waals surface area contributed by atoms with Crippen LogP contribution in [-0.2, 0) is 0 Å². The van der Waals surface area contributed by atoms with Crippen LogP contribution in [0.15, 0.2) is 12.1 Å². The number of rotatable bonds is 4. The highest BCUT2D eigenvalue weighted by Crippen LogP contribution is 2.25. The van der Waals surface area contributed by atoms with Gasteiger partial charge in [0, 0.05) is 19.6 Å². The van der Waals surface area contributed by atoms with Crippen LogP contribution in [0, 0.1) is 23.0 Å². The van der Waals surface area contributed by atoms with Crippen molar-refractivity contribution >= 4 is 5.69 Å². The lowest BCUT2D eigenvalue weighted by molar-refractivity contribution is 0.270. The highest BCUT2D eigenvalue weighted by Gasteiger charge is 2.25. The van der Waals surface area contributed by atoms with Gasteiger partial charge < -0.3 is 4.90 Å². The molecule has 0 saturated carbocycles. The van der Waals surface area contributed by atoms with Gasteiger partial charge in [0.25, 0.3) is 0 Å². The van der Waals surface area contributed by atoms with E-state index in [1.54, 1.807) is 18.0 Å². The molecule has 1 heterocycles. The molecule has 1 saturated heterocycles. The molecule has 1 unspecified atom stereocenters. The van der Waals surface area contributed by atoms with Gasteiger partial charge in [0.05, 0.1) is 11.3 Å². The number of likely N-dealkylation sites (tertiary alicyclic amines) is 1. The van der Waals surface area contributed by atoms with Gasteiger partial charge >= 0.3 is 0 Å². The molecule has 1 fully saturated rings. The van der Waals surface area contributed by atoms with E-state index in [1.807, 2.05) is 0 Å². The first kappa shape index (κ1) is 14.7. The molecule has 0 aliphatic carbocycles. The fourth-order valence-corrected chi connectivity index (χ4v) is 2.85. The monoisotopic (exact) mass is 279 g/mol. The van der Waals surface area contributed by atoms with Gasteiger partial charge in [-0.05, 0) is 38.1 Å². The third kappa shape index (κ3) is 2.75. The van der Waals surface area contributed by atoms with Crippen LogP contribution in [-0.4, -0.2) is 37.6 Å². The van der Waals surface area contributed by atoms with Crippen molar-refractivity contribution in [1.29, 1.82) is 5.26 Å². The summed E-state index contributed by atoms with van der Waals surface area (Å²) >= 11 is 0. The minimum absolute atomic E-state index is 0.212. The summed E-state index contributed by atoms with van der Waals surface area (Å²) in [6.45, 7) is 4.82. The Hall–Kier alpha value is -1.67. The molecule has 0 spiro atoms. The average molecular weight is 279 g/mol. The molecule has 3 nitrogen and oxygen atoms in total. The van der Waals surface area contributed by atoms with Crippen LogP contribution in [0.5, 0.6) is 0 Å². The Kier molecular flexibility index (Phi) is 4.56. The van der Waals surface area contributed by atoms with Gasteiger partial charge in [-0.3, -0.25) is 4.90 Å². The Morgan fingerprint density at radius 3 is 2.80 bits per heavy atom. The summed E-state index contributed by atoms with van der Waals surface area (Å²) in [5, 5.41) is 8.69. The van der Waals surface area contributed by atoms with Crippen LogP contribution in [0.2, 0.25) is 0 Å². The summed E-state index contributed by atoms with van der Waals surface area (Å²) in [7, 11) is 1.76. The van der Waals surface area contributed by atoms with E-state index in [0.29, 0.717) is 12.6 Å². The number of anilines is 1. The quantitative estimate of drug-likeness (QED) is 0.849. The first-order valence-corrected chi connectivity index (χ1v) is 6.91. The summed E-state index contributed by atoms with van der Waals surface area (Å²) in [5.41, 5.74) is -0.0415. The number of benzene rings is 1. The largest absolute Gasteiger partial charge is 0.371 e. The zero-order valence-corrected chi connectivity index (χ0v) is 11.9. The minimum Gasteiger partial charge on any atom is -0.371 e. The van der Waals surface area contributed by atoms with Crippen LogP contribution in [0.25, 0.3) is 0 Å². The maximum Gasteiger partial charge on any atom is 0.183 e. The SMILES string of the molecule is CCN1CCCC1CN(C)c1ccc(C#N)c(F)c1F. The summed E-state index contributed by atoms with van der Waals surface area (Å²) in [5.74, 6) is -2.00. The standard InChI is InChI=1S/C15H19F2N3/c1-3-20-8-4-5-12(20)10-19(2)13-7-6-11(9-18)14(16)15(13)17/h6-7,12H,3-5,8,10H2,1-2H3. The molecule has 0 radical (unpaired) electrons. The van der Waals surface area contributed by atoms with Gasteiger partial charge in [-0.2, -0.15) is 5.26 Å². The minimum atomic E-state index is -1.06. The van der Waals surface area contributed by atoms with E-state index >= 15 is 0 Å². The van der Waals surface area contributed by atoms with Crippen molar-refractivity contribution < 1.29 is 8.78 Å². The number of hydrogen-bond acceptors (Lipinski definition) is 3. The highest BCUT2D eigenvalue weighted by atomic mass is 19.2. The Morgan fingerprint density at radius 2 is 2.15 bits per heavy atom. The molecular formula is C15H19F2N3. The molecule has 1 aliphatic heterocycles. The van der Waals surface area contributed by atoms with Crippen LogP contribution < -0.4 is 4.90 Å². The zero-order valence-electron chi connectivity index (χ0n) is 11.9. The molecule has 1 aliphatic rings. The van der Waals surface area contributed by atoms with Crippen LogP contribution >= 0.6 is 0 Å². The fourth-order valence-electron chi connectivity index (χ4n) is 2.85. The van der Waals surface area contributed by atoms with Crippen molar-refractivity contribution in [3.63, 3.8) is 0 Å². The number of nitrogens with zero attached hydrogens (tertiary/aromatic N) is 3. The van der Waals surface area contributed by atoms with Gasteiger partial charge in [0.15, 0.2) is 11.6 Å². The molecule has 0 N–H and O–H groups in total. The second kappa shape index (κ2) is 6.19. The van der Waals surface area contributed by atoms with Gasteiger partial charge in [-0.15, -0.1) is 0 Å². The van der Waals surface area contributed by atoms with E-state index in [2.05, 4.69) is 11.8 Å². The van der Waals surface area contributed by atoms with Gasteiger partial charge in [0.1, 0.15) is 6.07 Å². The summed E-state index contributed by atoms with van der Waals surface area (Å²) < 4.78 is 27.6. The van der Waals surface area contributed by atoms with Crippen molar-refractivity contribution in [3.8, 4) is 6.07 Å². The van der Waals surface area contributed by atoms with Gasteiger partial charge in [-0.25, -0.2) is 8.78 Å². The molecule has 0 bridgehead atoms. The molecule has 0 aromatic heterocycles. The number of likely N-dealkylation sites (N-methyl/N-ethyl adjacent to an activating group) is 2. The average Bonchev–Trinajstić information content (AvgIpc) is 2.88. The fraction of sp³-hybridized carbons (Fsp3) is 0.533. The number of nitriles is 1. The molecule has 20 heavy (non-hydrogen) atoms. The van der Waals surface area contributed by atoms with Crippen molar-refractivity contribution in [3.05, 3.63) is 29.3 Å². The lowest BCUT2D eigenvalue weighted by Gasteiger charge is -2.29. The number of hydrogen-bond donors (Lipinski definition) is 0. The zero-order chi connectivity index (χ0) is 14.7. The molecule has 2 rings (SSSR count). The molecule has 1 aromatic rings. The third-order valence-electron chi connectivity index (χ3n) is 3.98. The van der Waals surface area contributed by atoms with E-state index in [0.717, 1.165) is 25.9 Å². The topological polar surface area (TPSA) is 30.3 Å². The van der Waals surface area contributed by atoms with E-state index in [1.165, 1.54) is 12.1 Å². The molecular weight excluding hydrogens is 260 g/mol. The molecule has 1 aromatic carbocycles. The van der Waals surface area contributed by atoms with Gasteiger partial charge in [-0.1, -0.05) is 6.92 Å². The Morgan fingerprint density at radius 1 is 1.40 bits per heavy atom. The predicted molar refractivity (Wildman–Crippen MR) is 74.6 cm³/mol. The maximum absolute atomic E-state index is 14.0. The second-order valence-corrected chi connectivity index (χ2v) is 5.18. The Balaban J connectivity index is 2.16. The molecule has 1 atom stereocenters. The van der Waals surface area contributed by atoms with Gasteiger partial charge in [0.2, 0.25) is 0 Å².